The molecule has 0 aromatic heterocycles. The normalized spacial score (nSPS) is 44.6. The van der Waals surface area contributed by atoms with E-state index in [-0.39, 0.29) is 6.10 Å². The highest BCUT2D eigenvalue weighted by molar-refractivity contribution is 7.80. The SMILES string of the molecule is CC1(O)CCC2NC(=S)OC2CC1. The third-order valence-electron chi connectivity index (χ3n) is 2.97. The van der Waals surface area contributed by atoms with Crippen molar-refractivity contribution in [3.05, 3.63) is 0 Å². The second-order valence-corrected chi connectivity index (χ2v) is 4.64. The topological polar surface area (TPSA) is 41.5 Å². The van der Waals surface area contributed by atoms with Gasteiger partial charge in [-0.3, -0.25) is 0 Å². The molecule has 4 heteroatoms. The molecule has 2 fully saturated rings. The number of thiocarbonyl (C=S) groups is 1. The van der Waals surface area contributed by atoms with Gasteiger partial charge in [-0.25, -0.2) is 0 Å². The van der Waals surface area contributed by atoms with Crippen molar-refractivity contribution in [1.82, 2.24) is 5.32 Å². The van der Waals surface area contributed by atoms with E-state index in [1.165, 1.54) is 0 Å². The Morgan fingerprint density at radius 2 is 2.23 bits per heavy atom. The molecule has 0 spiro atoms. The van der Waals surface area contributed by atoms with Gasteiger partial charge in [-0.15, -0.1) is 0 Å². The van der Waals surface area contributed by atoms with E-state index in [9.17, 15) is 5.11 Å². The molecular formula is C9H15NO2S. The van der Waals surface area contributed by atoms with Gasteiger partial charge < -0.3 is 15.2 Å². The van der Waals surface area contributed by atoms with Crippen LogP contribution in [0.25, 0.3) is 0 Å². The molecule has 3 nitrogen and oxygen atoms in total. The molecule has 13 heavy (non-hydrogen) atoms. The third kappa shape index (κ3) is 1.94. The molecule has 2 N–H and O–H groups in total. The Labute approximate surface area is 83.5 Å². The quantitative estimate of drug-likeness (QED) is 0.573. The van der Waals surface area contributed by atoms with Crippen LogP contribution in [0.4, 0.5) is 0 Å². The fraction of sp³-hybridized carbons (Fsp3) is 0.889. The van der Waals surface area contributed by atoms with Crippen molar-refractivity contribution < 1.29 is 9.84 Å². The largest absolute Gasteiger partial charge is 0.466 e. The summed E-state index contributed by atoms with van der Waals surface area (Å²) in [6.45, 7) is 1.90. The smallest absolute Gasteiger partial charge is 0.257 e. The van der Waals surface area contributed by atoms with Crippen LogP contribution in [0, 0.1) is 0 Å². The predicted molar refractivity (Wildman–Crippen MR) is 53.5 cm³/mol. The van der Waals surface area contributed by atoms with Crippen LogP contribution in [0.2, 0.25) is 0 Å². The minimum absolute atomic E-state index is 0.182. The number of hydrogen-bond acceptors (Lipinski definition) is 3. The van der Waals surface area contributed by atoms with Crippen LogP contribution in [0.15, 0.2) is 0 Å². The average Bonchev–Trinajstić information content (AvgIpc) is 2.34. The molecule has 1 saturated carbocycles. The van der Waals surface area contributed by atoms with Gasteiger partial charge in [0.15, 0.2) is 0 Å². The van der Waals surface area contributed by atoms with E-state index in [1.54, 1.807) is 0 Å². The standard InChI is InChI=1S/C9H15NO2S/c1-9(11)4-2-6-7(3-5-9)12-8(13)10-6/h6-7,11H,2-5H2,1H3,(H,10,13). The Bertz CT molecular complexity index is 210. The van der Waals surface area contributed by atoms with Crippen LogP contribution in [0.5, 0.6) is 0 Å². The molecule has 2 aliphatic rings. The molecule has 0 radical (unpaired) electrons. The van der Waals surface area contributed by atoms with Crippen molar-refractivity contribution in [2.24, 2.45) is 0 Å². The Kier molecular flexibility index (Phi) is 2.20. The van der Waals surface area contributed by atoms with Gasteiger partial charge in [-0.2, -0.15) is 0 Å². The van der Waals surface area contributed by atoms with Gasteiger partial charge in [-0.05, 0) is 44.8 Å². The van der Waals surface area contributed by atoms with Gasteiger partial charge in [0, 0.05) is 0 Å². The minimum atomic E-state index is -0.517. The van der Waals surface area contributed by atoms with E-state index in [4.69, 9.17) is 17.0 Å². The Morgan fingerprint density at radius 1 is 1.54 bits per heavy atom. The summed E-state index contributed by atoms with van der Waals surface area (Å²) in [6.07, 6.45) is 3.65. The van der Waals surface area contributed by atoms with E-state index >= 15 is 0 Å². The van der Waals surface area contributed by atoms with Crippen molar-refractivity contribution in [1.29, 1.82) is 0 Å². The number of fused-ring (bicyclic) bond motifs is 1. The summed E-state index contributed by atoms with van der Waals surface area (Å²) in [6, 6.07) is 0.321. The summed E-state index contributed by atoms with van der Waals surface area (Å²) in [5, 5.41) is 13.5. The monoisotopic (exact) mass is 201 g/mol. The maximum absolute atomic E-state index is 9.86. The second kappa shape index (κ2) is 3.10. The molecule has 3 unspecified atom stereocenters. The van der Waals surface area contributed by atoms with Crippen molar-refractivity contribution in [3.8, 4) is 0 Å². The summed E-state index contributed by atoms with van der Waals surface area (Å²) in [5.41, 5.74) is -0.517. The lowest BCUT2D eigenvalue weighted by atomic mass is 9.97. The fourth-order valence-electron chi connectivity index (χ4n) is 2.06. The van der Waals surface area contributed by atoms with E-state index in [2.05, 4.69) is 5.32 Å². The highest BCUT2D eigenvalue weighted by Gasteiger charge is 2.37. The number of hydrogen-bond donors (Lipinski definition) is 2. The summed E-state index contributed by atoms with van der Waals surface area (Å²) >= 11 is 4.94. The highest BCUT2D eigenvalue weighted by atomic mass is 32.1. The van der Waals surface area contributed by atoms with Crippen LogP contribution in [-0.2, 0) is 4.74 Å². The lowest BCUT2D eigenvalue weighted by Gasteiger charge is -2.20. The van der Waals surface area contributed by atoms with Gasteiger partial charge in [0.2, 0.25) is 0 Å². The average molecular weight is 201 g/mol. The zero-order valence-electron chi connectivity index (χ0n) is 7.75. The zero-order valence-corrected chi connectivity index (χ0v) is 8.56. The minimum Gasteiger partial charge on any atom is -0.466 e. The zero-order chi connectivity index (χ0) is 9.47. The van der Waals surface area contributed by atoms with Crippen LogP contribution in [0.1, 0.15) is 32.6 Å². The first-order chi connectivity index (χ1) is 6.07. The summed E-state index contributed by atoms with van der Waals surface area (Å²) in [5.74, 6) is 0. The lowest BCUT2D eigenvalue weighted by Crippen LogP contribution is -2.30. The van der Waals surface area contributed by atoms with Crippen LogP contribution >= 0.6 is 12.2 Å². The maximum Gasteiger partial charge on any atom is 0.257 e. The second-order valence-electron chi connectivity index (χ2n) is 4.27. The molecule has 0 amide bonds. The molecule has 2 rings (SSSR count). The van der Waals surface area contributed by atoms with E-state index in [0.29, 0.717) is 11.2 Å². The van der Waals surface area contributed by atoms with Gasteiger partial charge in [0.25, 0.3) is 5.17 Å². The molecule has 3 atom stereocenters. The number of aliphatic hydroxyl groups is 1. The first-order valence-electron chi connectivity index (χ1n) is 4.76. The lowest BCUT2D eigenvalue weighted by molar-refractivity contribution is 0.0402. The van der Waals surface area contributed by atoms with Crippen LogP contribution in [-0.4, -0.2) is 28.0 Å². The molecule has 1 heterocycles. The van der Waals surface area contributed by atoms with Crippen LogP contribution in [0.3, 0.4) is 0 Å². The summed E-state index contributed by atoms with van der Waals surface area (Å²) < 4.78 is 5.45. The number of rotatable bonds is 0. The molecule has 1 aliphatic carbocycles. The molecule has 0 aromatic carbocycles. The molecular weight excluding hydrogens is 186 g/mol. The Morgan fingerprint density at radius 3 is 3.00 bits per heavy atom. The first kappa shape index (κ1) is 9.21. The van der Waals surface area contributed by atoms with Gasteiger partial charge in [0.05, 0.1) is 11.6 Å². The fourth-order valence-corrected chi connectivity index (χ4v) is 2.34. The van der Waals surface area contributed by atoms with Crippen LogP contribution < -0.4 is 5.32 Å². The number of ether oxygens (including phenoxy) is 1. The van der Waals surface area contributed by atoms with E-state index in [1.807, 2.05) is 6.92 Å². The number of nitrogens with one attached hydrogen (secondary N) is 1. The summed E-state index contributed by atoms with van der Waals surface area (Å²) in [4.78, 5) is 0. The van der Waals surface area contributed by atoms with Crippen molar-refractivity contribution >= 4 is 17.4 Å². The molecule has 1 saturated heterocycles. The van der Waals surface area contributed by atoms with Gasteiger partial charge in [-0.1, -0.05) is 0 Å². The van der Waals surface area contributed by atoms with E-state index in [0.717, 1.165) is 25.7 Å². The van der Waals surface area contributed by atoms with Gasteiger partial charge >= 0.3 is 0 Å². The molecule has 0 bridgehead atoms. The molecule has 0 aromatic rings. The molecule has 74 valence electrons. The van der Waals surface area contributed by atoms with Crippen molar-refractivity contribution in [2.75, 3.05) is 0 Å². The van der Waals surface area contributed by atoms with E-state index < -0.39 is 5.60 Å². The van der Waals surface area contributed by atoms with Crippen molar-refractivity contribution in [3.63, 3.8) is 0 Å². The predicted octanol–water partition coefficient (Wildman–Crippen LogP) is 0.953. The summed E-state index contributed by atoms with van der Waals surface area (Å²) in [7, 11) is 0. The Hall–Kier alpha value is -0.350. The molecule has 1 aliphatic heterocycles. The first-order valence-corrected chi connectivity index (χ1v) is 5.17. The highest BCUT2D eigenvalue weighted by Crippen LogP contribution is 2.30. The van der Waals surface area contributed by atoms with Gasteiger partial charge in [0.1, 0.15) is 6.10 Å². The maximum atomic E-state index is 9.86. The Balaban J connectivity index is 2.03. The third-order valence-corrected chi connectivity index (χ3v) is 3.19. The van der Waals surface area contributed by atoms with Crippen molar-refractivity contribution in [2.45, 2.75) is 50.4 Å².